The highest BCUT2D eigenvalue weighted by Crippen LogP contribution is 2.34. The van der Waals surface area contributed by atoms with Crippen molar-refractivity contribution in [2.75, 3.05) is 6.61 Å². The van der Waals surface area contributed by atoms with Crippen LogP contribution in [0.4, 0.5) is 0 Å². The third kappa shape index (κ3) is 4.10. The SMILES string of the molecule is NC(=O)c1ccc([C@@H](Oc2ccc3c(c2)OCCC3=O)c2ccc(Cl)cc2)cc1. The molecule has 1 aliphatic heterocycles. The summed E-state index contributed by atoms with van der Waals surface area (Å²) in [5, 5.41) is 0.622. The first-order chi connectivity index (χ1) is 14.0. The van der Waals surface area contributed by atoms with E-state index in [-0.39, 0.29) is 5.78 Å². The van der Waals surface area contributed by atoms with Crippen molar-refractivity contribution in [2.45, 2.75) is 12.5 Å². The summed E-state index contributed by atoms with van der Waals surface area (Å²) in [5.41, 5.74) is 8.05. The van der Waals surface area contributed by atoms with Gasteiger partial charge in [0, 0.05) is 23.1 Å². The molecule has 0 aliphatic carbocycles. The van der Waals surface area contributed by atoms with Crippen LogP contribution in [0.5, 0.6) is 11.5 Å². The van der Waals surface area contributed by atoms with Crippen LogP contribution in [0.25, 0.3) is 0 Å². The molecule has 0 unspecified atom stereocenters. The highest BCUT2D eigenvalue weighted by Gasteiger charge is 2.21. The number of ketones is 1. The molecule has 146 valence electrons. The Hall–Kier alpha value is -3.31. The number of amides is 1. The first-order valence-electron chi connectivity index (χ1n) is 9.13. The molecule has 29 heavy (non-hydrogen) atoms. The van der Waals surface area contributed by atoms with E-state index < -0.39 is 12.0 Å². The predicted octanol–water partition coefficient (Wildman–Crippen LogP) is 4.57. The Morgan fingerprint density at radius 1 is 1.00 bits per heavy atom. The lowest BCUT2D eigenvalue weighted by Gasteiger charge is -2.22. The predicted molar refractivity (Wildman–Crippen MR) is 110 cm³/mol. The van der Waals surface area contributed by atoms with Gasteiger partial charge in [-0.3, -0.25) is 9.59 Å². The minimum absolute atomic E-state index is 0.0640. The van der Waals surface area contributed by atoms with Crippen molar-refractivity contribution >= 4 is 23.3 Å². The molecular weight excluding hydrogens is 390 g/mol. The van der Waals surface area contributed by atoms with Gasteiger partial charge < -0.3 is 15.2 Å². The molecule has 2 N–H and O–H groups in total. The maximum atomic E-state index is 12.0. The molecule has 1 amide bonds. The van der Waals surface area contributed by atoms with E-state index in [0.717, 1.165) is 11.1 Å². The fraction of sp³-hybridized carbons (Fsp3) is 0.130. The zero-order valence-electron chi connectivity index (χ0n) is 15.4. The molecule has 6 heteroatoms. The molecule has 1 atom stereocenters. The van der Waals surface area contributed by atoms with Crippen LogP contribution >= 0.6 is 11.6 Å². The van der Waals surface area contributed by atoms with E-state index in [0.29, 0.717) is 40.7 Å². The normalized spacial score (nSPS) is 13.9. The van der Waals surface area contributed by atoms with Gasteiger partial charge in [0.2, 0.25) is 5.91 Å². The van der Waals surface area contributed by atoms with Gasteiger partial charge in [-0.05, 0) is 47.5 Å². The number of rotatable bonds is 5. The highest BCUT2D eigenvalue weighted by molar-refractivity contribution is 6.30. The smallest absolute Gasteiger partial charge is 0.248 e. The number of ether oxygens (including phenoxy) is 2. The summed E-state index contributed by atoms with van der Waals surface area (Å²) in [6, 6.07) is 19.5. The molecule has 0 aromatic heterocycles. The van der Waals surface area contributed by atoms with Crippen molar-refractivity contribution in [3.63, 3.8) is 0 Å². The molecule has 0 saturated carbocycles. The van der Waals surface area contributed by atoms with Crippen molar-refractivity contribution < 1.29 is 19.1 Å². The zero-order valence-corrected chi connectivity index (χ0v) is 16.2. The summed E-state index contributed by atoms with van der Waals surface area (Å²) in [6.45, 7) is 0.366. The number of primary amides is 1. The second-order valence-corrected chi connectivity index (χ2v) is 7.15. The number of carbonyl (C=O) groups is 2. The molecular formula is C23H18ClNO4. The molecule has 1 heterocycles. The standard InChI is InChI=1S/C23H18ClNO4/c24-17-7-5-15(6-8-17)22(14-1-3-16(4-2-14)23(25)27)29-18-9-10-19-20(26)11-12-28-21(19)13-18/h1-10,13,22H,11-12H2,(H2,25,27)/t22-/m1/s1. The second-order valence-electron chi connectivity index (χ2n) is 6.72. The summed E-state index contributed by atoms with van der Waals surface area (Å²) >= 11 is 6.03. The van der Waals surface area contributed by atoms with Crippen LogP contribution in [0.3, 0.4) is 0 Å². The van der Waals surface area contributed by atoms with Crippen LogP contribution in [-0.4, -0.2) is 18.3 Å². The molecule has 3 aromatic carbocycles. The van der Waals surface area contributed by atoms with Crippen molar-refractivity contribution in [3.8, 4) is 11.5 Å². The molecule has 0 fully saturated rings. The molecule has 0 bridgehead atoms. The summed E-state index contributed by atoms with van der Waals surface area (Å²) in [4.78, 5) is 23.4. The first kappa shape index (κ1) is 19.0. The van der Waals surface area contributed by atoms with Crippen LogP contribution in [0.1, 0.15) is 44.4 Å². The van der Waals surface area contributed by atoms with Crippen LogP contribution in [0.15, 0.2) is 66.7 Å². The van der Waals surface area contributed by atoms with Crippen molar-refractivity contribution in [2.24, 2.45) is 5.73 Å². The number of benzene rings is 3. The molecule has 1 aliphatic rings. The monoisotopic (exact) mass is 407 g/mol. The maximum Gasteiger partial charge on any atom is 0.248 e. The van der Waals surface area contributed by atoms with E-state index in [4.69, 9.17) is 26.8 Å². The van der Waals surface area contributed by atoms with Gasteiger partial charge in [-0.1, -0.05) is 35.9 Å². The minimum Gasteiger partial charge on any atom is -0.492 e. The number of nitrogens with two attached hydrogens (primary N) is 1. The number of fused-ring (bicyclic) bond motifs is 1. The largest absolute Gasteiger partial charge is 0.492 e. The average molecular weight is 408 g/mol. The van der Waals surface area contributed by atoms with Crippen molar-refractivity contribution in [3.05, 3.63) is 94.0 Å². The molecule has 0 spiro atoms. The van der Waals surface area contributed by atoms with Crippen LogP contribution in [0.2, 0.25) is 5.02 Å². The van der Waals surface area contributed by atoms with Crippen LogP contribution in [-0.2, 0) is 0 Å². The third-order valence-corrected chi connectivity index (χ3v) is 5.02. The van der Waals surface area contributed by atoms with Gasteiger partial charge in [0.15, 0.2) is 5.78 Å². The van der Waals surface area contributed by atoms with Gasteiger partial charge in [0.1, 0.15) is 17.6 Å². The molecule has 5 nitrogen and oxygen atoms in total. The van der Waals surface area contributed by atoms with Gasteiger partial charge >= 0.3 is 0 Å². The van der Waals surface area contributed by atoms with E-state index in [1.54, 1.807) is 54.6 Å². The Morgan fingerprint density at radius 3 is 2.31 bits per heavy atom. The Labute approximate surface area is 173 Å². The van der Waals surface area contributed by atoms with E-state index in [1.165, 1.54) is 0 Å². The number of hydrogen-bond donors (Lipinski definition) is 1. The Bertz CT molecular complexity index is 1060. The number of halogens is 1. The lowest BCUT2D eigenvalue weighted by Crippen LogP contribution is -2.16. The number of Topliss-reactive ketones (excluding diaryl/α,β-unsaturated/α-hetero) is 1. The Morgan fingerprint density at radius 2 is 1.66 bits per heavy atom. The summed E-state index contributed by atoms with van der Waals surface area (Å²) < 4.78 is 11.9. The highest BCUT2D eigenvalue weighted by atomic mass is 35.5. The molecule has 3 aromatic rings. The zero-order chi connectivity index (χ0) is 20.4. The maximum absolute atomic E-state index is 12.0. The summed E-state index contributed by atoms with van der Waals surface area (Å²) in [7, 11) is 0. The van der Waals surface area contributed by atoms with Gasteiger partial charge in [-0.15, -0.1) is 0 Å². The topological polar surface area (TPSA) is 78.6 Å². The Balaban J connectivity index is 1.70. The molecule has 4 rings (SSSR count). The lowest BCUT2D eigenvalue weighted by atomic mass is 9.99. The second kappa shape index (κ2) is 7.97. The molecule has 0 saturated heterocycles. The first-order valence-corrected chi connectivity index (χ1v) is 9.51. The lowest BCUT2D eigenvalue weighted by molar-refractivity contribution is 0.0932. The fourth-order valence-electron chi connectivity index (χ4n) is 3.24. The van der Waals surface area contributed by atoms with Gasteiger partial charge in [-0.25, -0.2) is 0 Å². The third-order valence-electron chi connectivity index (χ3n) is 4.76. The van der Waals surface area contributed by atoms with E-state index >= 15 is 0 Å². The fourth-order valence-corrected chi connectivity index (χ4v) is 3.36. The quantitative estimate of drug-likeness (QED) is 0.671. The van der Waals surface area contributed by atoms with Gasteiger partial charge in [0.25, 0.3) is 0 Å². The number of hydrogen-bond acceptors (Lipinski definition) is 4. The van der Waals surface area contributed by atoms with Crippen molar-refractivity contribution in [1.82, 2.24) is 0 Å². The number of carbonyl (C=O) groups excluding carboxylic acids is 2. The van der Waals surface area contributed by atoms with E-state index in [2.05, 4.69) is 0 Å². The van der Waals surface area contributed by atoms with E-state index in [1.807, 2.05) is 12.1 Å². The van der Waals surface area contributed by atoms with Crippen LogP contribution in [0, 0.1) is 0 Å². The minimum atomic E-state index is -0.489. The van der Waals surface area contributed by atoms with Crippen LogP contribution < -0.4 is 15.2 Å². The Kier molecular flexibility index (Phi) is 5.23. The summed E-state index contributed by atoms with van der Waals surface area (Å²) in [5.74, 6) is 0.668. The van der Waals surface area contributed by atoms with Gasteiger partial charge in [-0.2, -0.15) is 0 Å². The molecule has 0 radical (unpaired) electrons. The van der Waals surface area contributed by atoms with E-state index in [9.17, 15) is 9.59 Å². The van der Waals surface area contributed by atoms with Gasteiger partial charge in [0.05, 0.1) is 12.2 Å². The van der Waals surface area contributed by atoms with Crippen molar-refractivity contribution in [1.29, 1.82) is 0 Å². The summed E-state index contributed by atoms with van der Waals surface area (Å²) in [6.07, 6.45) is -0.0705. The average Bonchev–Trinajstić information content (AvgIpc) is 2.73.